The maximum absolute atomic E-state index is 13.1. The quantitative estimate of drug-likeness (QED) is 0.834. The fourth-order valence-electron chi connectivity index (χ4n) is 3.20. The third-order valence-corrected chi connectivity index (χ3v) is 4.39. The monoisotopic (exact) mass is 344 g/mol. The molecular weight excluding hydrogens is 320 g/mol. The van der Waals surface area contributed by atoms with Gasteiger partial charge in [0.15, 0.2) is 5.69 Å². The predicted molar refractivity (Wildman–Crippen MR) is 91.9 cm³/mol. The van der Waals surface area contributed by atoms with Gasteiger partial charge in [-0.1, -0.05) is 6.07 Å². The molecule has 2 N–H and O–H groups in total. The van der Waals surface area contributed by atoms with E-state index in [1.165, 1.54) is 0 Å². The molecule has 2 atom stereocenters. The molecule has 2 aromatic heterocycles. The number of aromatic amines is 1. The molecule has 3 rings (SSSR count). The topological polar surface area (TPSA) is 91.3 Å². The first-order valence-corrected chi connectivity index (χ1v) is 8.62. The van der Waals surface area contributed by atoms with E-state index < -0.39 is 0 Å². The summed E-state index contributed by atoms with van der Waals surface area (Å²) >= 11 is 0. The molecule has 0 aliphatic carbocycles. The number of fused-ring (bicyclic) bond motifs is 1. The molecule has 1 amide bonds. The van der Waals surface area contributed by atoms with Gasteiger partial charge < -0.3 is 14.7 Å². The van der Waals surface area contributed by atoms with Crippen LogP contribution < -0.4 is 0 Å². The lowest BCUT2D eigenvalue weighted by molar-refractivity contribution is -0.00702. The third-order valence-electron chi connectivity index (χ3n) is 4.39. The van der Waals surface area contributed by atoms with E-state index in [1.807, 2.05) is 32.0 Å². The summed E-state index contributed by atoms with van der Waals surface area (Å²) in [5, 5.41) is 16.4. The highest BCUT2D eigenvalue weighted by atomic mass is 16.5. The summed E-state index contributed by atoms with van der Waals surface area (Å²) in [6.07, 6.45) is 2.83. The van der Waals surface area contributed by atoms with Gasteiger partial charge >= 0.3 is 0 Å². The van der Waals surface area contributed by atoms with Gasteiger partial charge in [-0.05, 0) is 32.4 Å². The van der Waals surface area contributed by atoms with Crippen LogP contribution in [-0.2, 0) is 17.7 Å². The maximum atomic E-state index is 13.1. The number of H-pyrrole nitrogens is 1. The Morgan fingerprint density at radius 2 is 2.28 bits per heavy atom. The number of rotatable bonds is 6. The van der Waals surface area contributed by atoms with Crippen LogP contribution in [0.4, 0.5) is 0 Å². The first-order chi connectivity index (χ1) is 12.1. The molecule has 7 nitrogen and oxygen atoms in total. The number of nitrogens with one attached hydrogen (secondary N) is 1. The molecule has 0 aromatic carbocycles. The Hall–Kier alpha value is -2.25. The largest absolute Gasteiger partial charge is 0.396 e. The number of ether oxygens (including phenoxy) is 1. The van der Waals surface area contributed by atoms with Crippen LogP contribution in [0.3, 0.4) is 0 Å². The zero-order valence-corrected chi connectivity index (χ0v) is 14.6. The Labute approximate surface area is 147 Å². The Kier molecular flexibility index (Phi) is 5.45. The average Bonchev–Trinajstić information content (AvgIpc) is 3.03. The van der Waals surface area contributed by atoms with Crippen LogP contribution in [0.1, 0.15) is 53.8 Å². The van der Waals surface area contributed by atoms with Gasteiger partial charge in [-0.3, -0.25) is 14.9 Å². The standard InChI is InChI=1S/C18H24N4O3/c1-12-10-15-16(13(2)25-12)20-21-17(15)18(24)22(8-5-9-23)11-14-6-3-4-7-19-14/h3-4,6-7,12-13,23H,5,8-11H2,1-2H3,(H,20,21)/t12-,13+/m1/s1. The van der Waals surface area contributed by atoms with Gasteiger partial charge in [-0.15, -0.1) is 0 Å². The van der Waals surface area contributed by atoms with E-state index in [1.54, 1.807) is 11.1 Å². The third kappa shape index (κ3) is 3.88. The highest BCUT2D eigenvalue weighted by Crippen LogP contribution is 2.30. The predicted octanol–water partition coefficient (Wildman–Crippen LogP) is 1.85. The average molecular weight is 344 g/mol. The van der Waals surface area contributed by atoms with E-state index in [-0.39, 0.29) is 24.7 Å². The lowest BCUT2D eigenvalue weighted by Crippen LogP contribution is -2.34. The summed E-state index contributed by atoms with van der Waals surface area (Å²) in [5.41, 5.74) is 3.07. The van der Waals surface area contributed by atoms with Crippen LogP contribution in [-0.4, -0.2) is 50.4 Å². The first-order valence-electron chi connectivity index (χ1n) is 8.62. The zero-order chi connectivity index (χ0) is 17.8. The number of pyridine rings is 1. The van der Waals surface area contributed by atoms with Gasteiger partial charge in [0.1, 0.15) is 0 Å². The Morgan fingerprint density at radius 3 is 3.00 bits per heavy atom. The van der Waals surface area contributed by atoms with Gasteiger partial charge in [0.05, 0.1) is 30.1 Å². The number of hydrogen-bond acceptors (Lipinski definition) is 5. The molecule has 7 heteroatoms. The van der Waals surface area contributed by atoms with E-state index in [0.717, 1.165) is 17.0 Å². The van der Waals surface area contributed by atoms with E-state index in [9.17, 15) is 4.79 Å². The SMILES string of the molecule is C[C@@H]1Cc2c(C(=O)N(CCCO)Cc3ccccn3)n[nH]c2[C@H](C)O1. The summed E-state index contributed by atoms with van der Waals surface area (Å²) in [4.78, 5) is 19.1. The maximum Gasteiger partial charge on any atom is 0.274 e. The van der Waals surface area contributed by atoms with Crippen LogP contribution in [0.25, 0.3) is 0 Å². The molecule has 0 unspecified atom stereocenters. The van der Waals surface area contributed by atoms with E-state index in [4.69, 9.17) is 9.84 Å². The van der Waals surface area contributed by atoms with Gasteiger partial charge in [0, 0.05) is 31.3 Å². The van der Waals surface area contributed by atoms with Crippen molar-refractivity contribution in [1.29, 1.82) is 0 Å². The lowest BCUT2D eigenvalue weighted by Gasteiger charge is -2.26. The van der Waals surface area contributed by atoms with Crippen molar-refractivity contribution in [3.8, 4) is 0 Å². The van der Waals surface area contributed by atoms with Crippen LogP contribution >= 0.6 is 0 Å². The second-order valence-corrected chi connectivity index (χ2v) is 6.38. The van der Waals surface area contributed by atoms with E-state index in [2.05, 4.69) is 15.2 Å². The van der Waals surface area contributed by atoms with E-state index >= 15 is 0 Å². The number of hydrogen-bond donors (Lipinski definition) is 2. The highest BCUT2D eigenvalue weighted by Gasteiger charge is 2.31. The molecule has 1 aliphatic heterocycles. The molecule has 0 spiro atoms. The molecule has 25 heavy (non-hydrogen) atoms. The fraction of sp³-hybridized carbons (Fsp3) is 0.500. The van der Waals surface area contributed by atoms with Crippen molar-refractivity contribution in [2.24, 2.45) is 0 Å². The van der Waals surface area contributed by atoms with Crippen LogP contribution in [0.2, 0.25) is 0 Å². The highest BCUT2D eigenvalue weighted by molar-refractivity contribution is 5.94. The van der Waals surface area contributed by atoms with Crippen molar-refractivity contribution in [2.45, 2.75) is 45.4 Å². The van der Waals surface area contributed by atoms with Crippen LogP contribution in [0.5, 0.6) is 0 Å². The summed E-state index contributed by atoms with van der Waals surface area (Å²) in [6, 6.07) is 5.63. The molecule has 0 saturated heterocycles. The second kappa shape index (κ2) is 7.76. The molecule has 0 fully saturated rings. The normalized spacial score (nSPS) is 19.5. The number of aliphatic hydroxyl groups excluding tert-OH is 1. The van der Waals surface area contributed by atoms with Gasteiger partial charge in [-0.2, -0.15) is 5.10 Å². The number of amides is 1. The summed E-state index contributed by atoms with van der Waals surface area (Å²) in [6.45, 7) is 4.83. The molecule has 0 radical (unpaired) electrons. The Balaban J connectivity index is 1.85. The van der Waals surface area contributed by atoms with Crippen molar-refractivity contribution in [3.05, 3.63) is 47.0 Å². The minimum absolute atomic E-state index is 0.0343. The number of aliphatic hydroxyl groups is 1. The molecule has 3 heterocycles. The minimum atomic E-state index is -0.141. The minimum Gasteiger partial charge on any atom is -0.396 e. The summed E-state index contributed by atoms with van der Waals surface area (Å²) < 4.78 is 5.79. The van der Waals surface area contributed by atoms with Gasteiger partial charge in [0.25, 0.3) is 5.91 Å². The number of nitrogens with zero attached hydrogens (tertiary/aromatic N) is 3. The first kappa shape index (κ1) is 17.6. The van der Waals surface area contributed by atoms with Crippen LogP contribution in [0.15, 0.2) is 24.4 Å². The summed E-state index contributed by atoms with van der Waals surface area (Å²) in [5.74, 6) is -0.141. The second-order valence-electron chi connectivity index (χ2n) is 6.38. The molecule has 134 valence electrons. The lowest BCUT2D eigenvalue weighted by atomic mass is 9.99. The smallest absolute Gasteiger partial charge is 0.274 e. The Morgan fingerprint density at radius 1 is 1.44 bits per heavy atom. The molecule has 1 aliphatic rings. The number of carbonyl (C=O) groups is 1. The van der Waals surface area contributed by atoms with Crippen molar-refractivity contribution < 1.29 is 14.6 Å². The van der Waals surface area contributed by atoms with E-state index in [0.29, 0.717) is 31.6 Å². The van der Waals surface area contributed by atoms with Gasteiger partial charge in [0.2, 0.25) is 0 Å². The molecule has 0 bridgehead atoms. The number of aromatic nitrogens is 3. The fourth-order valence-corrected chi connectivity index (χ4v) is 3.20. The zero-order valence-electron chi connectivity index (χ0n) is 14.6. The molecule has 0 saturated carbocycles. The van der Waals surface area contributed by atoms with Crippen molar-refractivity contribution in [2.75, 3.05) is 13.2 Å². The van der Waals surface area contributed by atoms with Crippen molar-refractivity contribution in [1.82, 2.24) is 20.1 Å². The molecular formula is C18H24N4O3. The van der Waals surface area contributed by atoms with Gasteiger partial charge in [-0.25, -0.2) is 0 Å². The Bertz CT molecular complexity index is 716. The molecule has 2 aromatic rings. The number of carbonyl (C=O) groups excluding carboxylic acids is 1. The van der Waals surface area contributed by atoms with Crippen LogP contribution in [0, 0.1) is 0 Å². The summed E-state index contributed by atoms with van der Waals surface area (Å²) in [7, 11) is 0. The van der Waals surface area contributed by atoms with Crippen molar-refractivity contribution >= 4 is 5.91 Å². The van der Waals surface area contributed by atoms with Crippen molar-refractivity contribution in [3.63, 3.8) is 0 Å².